The van der Waals surface area contributed by atoms with Gasteiger partial charge in [-0.3, -0.25) is 0 Å². The zero-order valence-electron chi connectivity index (χ0n) is 20.4. The molecule has 0 aromatic carbocycles. The number of aliphatic hydroxyl groups is 2. The quantitative estimate of drug-likeness (QED) is 0.470. The summed E-state index contributed by atoms with van der Waals surface area (Å²) < 4.78 is 0. The Morgan fingerprint density at radius 1 is 1.03 bits per heavy atom. The molecule has 3 fully saturated rings. The van der Waals surface area contributed by atoms with Gasteiger partial charge in [0.2, 0.25) is 0 Å². The van der Waals surface area contributed by atoms with Crippen molar-refractivity contribution in [1.82, 2.24) is 0 Å². The number of hydrogen-bond acceptors (Lipinski definition) is 2. The molecule has 0 radical (unpaired) electrons. The van der Waals surface area contributed by atoms with Gasteiger partial charge in [-0.15, -0.1) is 0 Å². The maximum Gasteiger partial charge on any atom is 0.0682 e. The molecule has 2 heteroatoms. The van der Waals surface area contributed by atoms with Crippen molar-refractivity contribution in [3.8, 4) is 0 Å². The fourth-order valence-corrected chi connectivity index (χ4v) is 8.61. The highest BCUT2D eigenvalue weighted by Crippen LogP contribution is 2.65. The zero-order chi connectivity index (χ0) is 21.7. The minimum absolute atomic E-state index is 0.136. The first-order chi connectivity index (χ1) is 14.2. The first kappa shape index (κ1) is 22.8. The van der Waals surface area contributed by atoms with Gasteiger partial charge in [0.15, 0.2) is 0 Å². The summed E-state index contributed by atoms with van der Waals surface area (Å²) in [6, 6.07) is 0. The molecule has 0 aromatic rings. The zero-order valence-corrected chi connectivity index (χ0v) is 20.4. The van der Waals surface area contributed by atoms with E-state index in [2.05, 4.69) is 40.7 Å². The van der Waals surface area contributed by atoms with E-state index >= 15 is 0 Å². The Morgan fingerprint density at radius 2 is 1.80 bits per heavy atom. The van der Waals surface area contributed by atoms with Crippen LogP contribution < -0.4 is 0 Å². The number of hydrogen-bond donors (Lipinski definition) is 2. The van der Waals surface area contributed by atoms with Crippen molar-refractivity contribution in [1.29, 1.82) is 0 Å². The summed E-state index contributed by atoms with van der Waals surface area (Å²) in [6.45, 7) is 11.5. The van der Waals surface area contributed by atoms with Gasteiger partial charge in [-0.1, -0.05) is 46.3 Å². The molecule has 4 aliphatic carbocycles. The highest BCUT2D eigenvalue weighted by atomic mass is 16.3. The van der Waals surface area contributed by atoms with E-state index in [1.54, 1.807) is 5.57 Å². The van der Waals surface area contributed by atoms with Gasteiger partial charge >= 0.3 is 0 Å². The lowest BCUT2D eigenvalue weighted by Gasteiger charge is -2.55. The predicted octanol–water partition coefficient (Wildman–Crippen LogP) is 6.75. The molecule has 0 spiro atoms. The normalized spacial score (nSPS) is 45.3. The minimum atomic E-state index is -0.424. The second kappa shape index (κ2) is 8.54. The standard InChI is InChI=1S/C28H48O2/c1-6-28(30)16-14-21-20(17-28)8-9-23-22(21)13-15-27(5)24(10-11-25(23)27)19(4)7-12-26(29)18(2)3/h8,18-19,21-26,29-30H,6-7,9-17H2,1-5H3/t19-,21+,22-,23-,24-,25+,26-,27-,28+/m1/s1. The van der Waals surface area contributed by atoms with Crippen molar-refractivity contribution in [2.24, 2.45) is 46.8 Å². The average molecular weight is 417 g/mol. The number of aliphatic hydroxyl groups excluding tert-OH is 1. The molecule has 0 aromatic heterocycles. The highest BCUT2D eigenvalue weighted by molar-refractivity contribution is 5.22. The maximum atomic E-state index is 10.9. The van der Waals surface area contributed by atoms with Crippen molar-refractivity contribution in [2.45, 2.75) is 117 Å². The third-order valence-corrected chi connectivity index (χ3v) is 10.7. The average Bonchev–Trinajstić information content (AvgIpc) is 3.08. The lowest BCUT2D eigenvalue weighted by atomic mass is 9.50. The summed E-state index contributed by atoms with van der Waals surface area (Å²) >= 11 is 0. The predicted molar refractivity (Wildman–Crippen MR) is 125 cm³/mol. The van der Waals surface area contributed by atoms with Gasteiger partial charge in [-0.25, -0.2) is 0 Å². The Bertz CT molecular complexity index is 639. The van der Waals surface area contributed by atoms with Gasteiger partial charge in [0, 0.05) is 0 Å². The van der Waals surface area contributed by atoms with Crippen LogP contribution in [0.25, 0.3) is 0 Å². The molecule has 0 unspecified atom stereocenters. The van der Waals surface area contributed by atoms with Gasteiger partial charge in [-0.2, -0.15) is 0 Å². The third kappa shape index (κ3) is 3.94. The molecule has 3 saturated carbocycles. The number of allylic oxidation sites excluding steroid dienone is 1. The van der Waals surface area contributed by atoms with Crippen LogP contribution in [-0.2, 0) is 0 Å². The molecular formula is C28H48O2. The van der Waals surface area contributed by atoms with Crippen LogP contribution in [0.1, 0.15) is 105 Å². The van der Waals surface area contributed by atoms with Crippen LogP contribution in [0.15, 0.2) is 11.6 Å². The van der Waals surface area contributed by atoms with Crippen molar-refractivity contribution in [2.75, 3.05) is 0 Å². The topological polar surface area (TPSA) is 40.5 Å². The molecule has 0 amide bonds. The molecule has 2 N–H and O–H groups in total. The van der Waals surface area contributed by atoms with Crippen molar-refractivity contribution < 1.29 is 10.2 Å². The van der Waals surface area contributed by atoms with E-state index in [1.165, 1.54) is 44.9 Å². The molecular weight excluding hydrogens is 368 g/mol. The van der Waals surface area contributed by atoms with E-state index < -0.39 is 5.60 Å². The third-order valence-electron chi connectivity index (χ3n) is 10.7. The van der Waals surface area contributed by atoms with Crippen LogP contribution in [0.3, 0.4) is 0 Å². The van der Waals surface area contributed by atoms with Crippen LogP contribution in [-0.4, -0.2) is 21.9 Å². The molecule has 4 aliphatic rings. The molecule has 0 heterocycles. The Labute approximate surface area is 185 Å². The largest absolute Gasteiger partial charge is 0.393 e. The van der Waals surface area contributed by atoms with Gasteiger partial charge < -0.3 is 10.2 Å². The summed E-state index contributed by atoms with van der Waals surface area (Å²) in [7, 11) is 0. The van der Waals surface area contributed by atoms with Gasteiger partial charge in [0.05, 0.1) is 11.7 Å². The second-order valence-corrected chi connectivity index (χ2v) is 12.4. The van der Waals surface area contributed by atoms with Gasteiger partial charge in [0.25, 0.3) is 0 Å². The summed E-state index contributed by atoms with van der Waals surface area (Å²) in [5.74, 6) is 5.36. The summed E-state index contributed by atoms with van der Waals surface area (Å²) in [5.41, 5.74) is 1.70. The molecule has 2 nitrogen and oxygen atoms in total. The molecule has 0 saturated heterocycles. The minimum Gasteiger partial charge on any atom is -0.393 e. The summed E-state index contributed by atoms with van der Waals surface area (Å²) in [6.07, 6.45) is 15.6. The Balaban J connectivity index is 1.45. The Kier molecular flexibility index (Phi) is 6.50. The lowest BCUT2D eigenvalue weighted by molar-refractivity contribution is -0.0466. The Hall–Kier alpha value is -0.340. The first-order valence-electron chi connectivity index (χ1n) is 13.3. The van der Waals surface area contributed by atoms with Crippen LogP contribution in [0.2, 0.25) is 0 Å². The van der Waals surface area contributed by atoms with E-state index in [1.807, 2.05) is 0 Å². The fraction of sp³-hybridized carbons (Fsp3) is 0.929. The molecule has 0 aliphatic heterocycles. The molecule has 0 bridgehead atoms. The van der Waals surface area contributed by atoms with Crippen molar-refractivity contribution in [3.63, 3.8) is 0 Å². The summed E-state index contributed by atoms with van der Waals surface area (Å²) in [4.78, 5) is 0. The van der Waals surface area contributed by atoms with E-state index in [0.717, 1.165) is 61.2 Å². The first-order valence-corrected chi connectivity index (χ1v) is 13.3. The SMILES string of the molecule is CC[C@]1(O)CC[C@H]2C(=CC[C@@H]3[C@@H]2CC[C@]2(C)[C@@H]([C@H](C)CC[C@@H](O)C(C)C)CC[C@@H]32)C1. The van der Waals surface area contributed by atoms with Crippen LogP contribution >= 0.6 is 0 Å². The van der Waals surface area contributed by atoms with Crippen LogP contribution in [0.4, 0.5) is 0 Å². The fourth-order valence-electron chi connectivity index (χ4n) is 8.61. The number of fused-ring (bicyclic) bond motifs is 5. The Morgan fingerprint density at radius 3 is 2.50 bits per heavy atom. The summed E-state index contributed by atoms with van der Waals surface area (Å²) in [5, 5.41) is 21.2. The molecule has 172 valence electrons. The molecule has 30 heavy (non-hydrogen) atoms. The van der Waals surface area contributed by atoms with E-state index in [9.17, 15) is 10.2 Å². The van der Waals surface area contributed by atoms with Crippen LogP contribution in [0, 0.1) is 46.8 Å². The second-order valence-electron chi connectivity index (χ2n) is 12.4. The van der Waals surface area contributed by atoms with E-state index in [4.69, 9.17) is 0 Å². The van der Waals surface area contributed by atoms with E-state index in [0.29, 0.717) is 11.3 Å². The van der Waals surface area contributed by atoms with Gasteiger partial charge in [-0.05, 0) is 117 Å². The van der Waals surface area contributed by atoms with Crippen LogP contribution in [0.5, 0.6) is 0 Å². The lowest BCUT2D eigenvalue weighted by Crippen LogP contribution is -2.48. The smallest absolute Gasteiger partial charge is 0.0682 e. The highest BCUT2D eigenvalue weighted by Gasteiger charge is 2.57. The maximum absolute atomic E-state index is 10.9. The molecule has 9 atom stereocenters. The molecule has 4 rings (SSSR count). The van der Waals surface area contributed by atoms with Crippen molar-refractivity contribution >= 4 is 0 Å². The van der Waals surface area contributed by atoms with E-state index in [-0.39, 0.29) is 6.10 Å². The monoisotopic (exact) mass is 416 g/mol. The van der Waals surface area contributed by atoms with Gasteiger partial charge in [0.1, 0.15) is 0 Å². The number of rotatable bonds is 6. The van der Waals surface area contributed by atoms with Crippen molar-refractivity contribution in [3.05, 3.63) is 11.6 Å².